The molecule has 0 unspecified atom stereocenters. The van der Waals surface area contributed by atoms with E-state index in [-0.39, 0.29) is 0 Å². The van der Waals surface area contributed by atoms with Crippen molar-refractivity contribution in [1.29, 1.82) is 0 Å². The van der Waals surface area contributed by atoms with E-state index >= 15 is 0 Å². The minimum absolute atomic E-state index is 0.717. The van der Waals surface area contributed by atoms with Gasteiger partial charge in [0.15, 0.2) is 0 Å². The maximum Gasteiger partial charge on any atom is 0.0246 e. The third-order valence-corrected chi connectivity index (χ3v) is 4.76. The summed E-state index contributed by atoms with van der Waals surface area (Å²) in [7, 11) is 0. The van der Waals surface area contributed by atoms with Crippen LogP contribution in [0.4, 0.5) is 0 Å². The Morgan fingerprint density at radius 1 is 1.44 bits per heavy atom. The van der Waals surface area contributed by atoms with Gasteiger partial charge in [0.25, 0.3) is 0 Å². The molecule has 2 aliphatic rings. The molecule has 0 N–H and O–H groups in total. The molecule has 2 aliphatic heterocycles. The zero-order valence-electron chi connectivity index (χ0n) is 9.93. The van der Waals surface area contributed by atoms with Crippen LogP contribution in [-0.2, 0) is 6.54 Å². The third-order valence-electron chi connectivity index (χ3n) is 4.03. The SMILES string of the molecule is C[C@H]1CN2CCC[C@@H]2CN1Cc1ccsc1. The quantitative estimate of drug-likeness (QED) is 0.778. The molecule has 16 heavy (non-hydrogen) atoms. The first-order chi connectivity index (χ1) is 7.83. The number of piperazine rings is 1. The minimum Gasteiger partial charge on any atom is -0.298 e. The average molecular weight is 236 g/mol. The van der Waals surface area contributed by atoms with Crippen molar-refractivity contribution in [3.05, 3.63) is 22.4 Å². The molecule has 88 valence electrons. The van der Waals surface area contributed by atoms with E-state index in [4.69, 9.17) is 0 Å². The number of rotatable bonds is 2. The summed E-state index contributed by atoms with van der Waals surface area (Å²) in [5.74, 6) is 0. The van der Waals surface area contributed by atoms with Crippen molar-refractivity contribution in [2.45, 2.75) is 38.4 Å². The van der Waals surface area contributed by atoms with Crippen LogP contribution in [-0.4, -0.2) is 41.5 Å². The fraction of sp³-hybridized carbons (Fsp3) is 0.692. The molecule has 2 nitrogen and oxygen atoms in total. The molecule has 1 aromatic heterocycles. The highest BCUT2D eigenvalue weighted by Crippen LogP contribution is 2.25. The molecule has 0 aromatic carbocycles. The standard InChI is InChI=1S/C13H20N2S/c1-11-7-14-5-2-3-13(14)9-15(11)8-12-4-6-16-10-12/h4,6,10-11,13H,2-3,5,7-9H2,1H3/t11-,13+/m0/s1. The predicted molar refractivity (Wildman–Crippen MR) is 68.8 cm³/mol. The van der Waals surface area contributed by atoms with E-state index in [1.54, 1.807) is 0 Å². The van der Waals surface area contributed by atoms with Crippen molar-refractivity contribution < 1.29 is 0 Å². The lowest BCUT2D eigenvalue weighted by atomic mass is 10.1. The molecule has 1 aromatic rings. The van der Waals surface area contributed by atoms with Crippen LogP contribution in [0.25, 0.3) is 0 Å². The van der Waals surface area contributed by atoms with E-state index in [9.17, 15) is 0 Å². The highest BCUT2D eigenvalue weighted by molar-refractivity contribution is 7.07. The number of hydrogen-bond acceptors (Lipinski definition) is 3. The molecule has 0 radical (unpaired) electrons. The van der Waals surface area contributed by atoms with Crippen LogP contribution in [0.3, 0.4) is 0 Å². The lowest BCUT2D eigenvalue weighted by molar-refractivity contribution is 0.0541. The zero-order chi connectivity index (χ0) is 11.0. The maximum atomic E-state index is 2.69. The van der Waals surface area contributed by atoms with Crippen molar-refractivity contribution in [1.82, 2.24) is 9.80 Å². The van der Waals surface area contributed by atoms with Gasteiger partial charge in [-0.3, -0.25) is 9.80 Å². The first-order valence-electron chi connectivity index (χ1n) is 6.32. The number of fused-ring (bicyclic) bond motifs is 1. The molecule has 0 saturated carbocycles. The molecule has 0 spiro atoms. The van der Waals surface area contributed by atoms with Gasteiger partial charge in [0.1, 0.15) is 0 Å². The number of hydrogen-bond donors (Lipinski definition) is 0. The summed E-state index contributed by atoms with van der Waals surface area (Å²) >= 11 is 1.81. The molecule has 3 rings (SSSR count). The van der Waals surface area contributed by atoms with Crippen LogP contribution in [0, 0.1) is 0 Å². The second kappa shape index (κ2) is 4.47. The van der Waals surface area contributed by atoms with E-state index in [1.165, 1.54) is 38.0 Å². The lowest BCUT2D eigenvalue weighted by Gasteiger charge is -2.42. The van der Waals surface area contributed by atoms with Crippen molar-refractivity contribution in [2.75, 3.05) is 19.6 Å². The molecule has 2 saturated heterocycles. The summed E-state index contributed by atoms with van der Waals surface area (Å²) in [5.41, 5.74) is 1.49. The van der Waals surface area contributed by atoms with E-state index in [0.717, 1.165) is 12.6 Å². The zero-order valence-corrected chi connectivity index (χ0v) is 10.7. The first kappa shape index (κ1) is 10.8. The Labute approximate surface area is 102 Å². The summed E-state index contributed by atoms with van der Waals surface area (Å²) in [5, 5.41) is 4.47. The van der Waals surface area contributed by atoms with Crippen LogP contribution >= 0.6 is 11.3 Å². The van der Waals surface area contributed by atoms with Gasteiger partial charge in [0.2, 0.25) is 0 Å². The van der Waals surface area contributed by atoms with Crippen LogP contribution in [0.5, 0.6) is 0 Å². The predicted octanol–water partition coefficient (Wildman–Crippen LogP) is 2.42. The second-order valence-electron chi connectivity index (χ2n) is 5.20. The van der Waals surface area contributed by atoms with Gasteiger partial charge in [-0.2, -0.15) is 11.3 Å². The summed E-state index contributed by atoms with van der Waals surface area (Å²) in [6, 6.07) is 3.82. The topological polar surface area (TPSA) is 6.48 Å². The normalized spacial score (nSPS) is 31.8. The summed E-state index contributed by atoms with van der Waals surface area (Å²) in [6.07, 6.45) is 2.82. The Morgan fingerprint density at radius 2 is 2.38 bits per heavy atom. The van der Waals surface area contributed by atoms with Gasteiger partial charge < -0.3 is 0 Å². The molecule has 3 heteroatoms. The van der Waals surface area contributed by atoms with Gasteiger partial charge in [0.05, 0.1) is 0 Å². The van der Waals surface area contributed by atoms with Crippen LogP contribution < -0.4 is 0 Å². The van der Waals surface area contributed by atoms with Crippen molar-refractivity contribution in [2.24, 2.45) is 0 Å². The molecule has 0 aliphatic carbocycles. The molecule has 0 amide bonds. The van der Waals surface area contributed by atoms with Gasteiger partial charge in [-0.1, -0.05) is 0 Å². The second-order valence-corrected chi connectivity index (χ2v) is 5.98. The van der Waals surface area contributed by atoms with E-state index in [2.05, 4.69) is 33.6 Å². The van der Waals surface area contributed by atoms with Crippen molar-refractivity contribution >= 4 is 11.3 Å². The molecule has 0 bridgehead atoms. The smallest absolute Gasteiger partial charge is 0.0246 e. The van der Waals surface area contributed by atoms with Crippen LogP contribution in [0.1, 0.15) is 25.3 Å². The fourth-order valence-corrected chi connectivity index (χ4v) is 3.75. The van der Waals surface area contributed by atoms with Crippen molar-refractivity contribution in [3.8, 4) is 0 Å². The molecule has 2 atom stereocenters. The van der Waals surface area contributed by atoms with E-state index in [0.29, 0.717) is 6.04 Å². The summed E-state index contributed by atoms with van der Waals surface area (Å²) in [6.45, 7) is 7.41. The summed E-state index contributed by atoms with van der Waals surface area (Å²) in [4.78, 5) is 5.35. The molecular formula is C13H20N2S. The first-order valence-corrected chi connectivity index (χ1v) is 7.26. The number of nitrogens with zero attached hydrogens (tertiary/aromatic N) is 2. The largest absolute Gasteiger partial charge is 0.298 e. The Kier molecular flexibility index (Phi) is 3.01. The van der Waals surface area contributed by atoms with E-state index in [1.807, 2.05) is 11.3 Å². The highest BCUT2D eigenvalue weighted by atomic mass is 32.1. The van der Waals surface area contributed by atoms with Crippen molar-refractivity contribution in [3.63, 3.8) is 0 Å². The fourth-order valence-electron chi connectivity index (χ4n) is 3.09. The van der Waals surface area contributed by atoms with Gasteiger partial charge >= 0.3 is 0 Å². The molecular weight excluding hydrogens is 216 g/mol. The molecule has 2 fully saturated rings. The Balaban J connectivity index is 1.66. The van der Waals surface area contributed by atoms with E-state index < -0.39 is 0 Å². The third kappa shape index (κ3) is 2.04. The van der Waals surface area contributed by atoms with Gasteiger partial charge in [0, 0.05) is 31.7 Å². The van der Waals surface area contributed by atoms with Crippen LogP contribution in [0.15, 0.2) is 16.8 Å². The Morgan fingerprint density at radius 3 is 3.19 bits per heavy atom. The average Bonchev–Trinajstić information content (AvgIpc) is 2.89. The van der Waals surface area contributed by atoms with Gasteiger partial charge in [-0.25, -0.2) is 0 Å². The molecule has 3 heterocycles. The monoisotopic (exact) mass is 236 g/mol. The lowest BCUT2D eigenvalue weighted by Crippen LogP contribution is -2.54. The van der Waals surface area contributed by atoms with Gasteiger partial charge in [-0.15, -0.1) is 0 Å². The Bertz CT molecular complexity index is 336. The van der Waals surface area contributed by atoms with Crippen LogP contribution in [0.2, 0.25) is 0 Å². The van der Waals surface area contributed by atoms with Gasteiger partial charge in [-0.05, 0) is 48.7 Å². The Hall–Kier alpha value is -0.380. The number of thiophene rings is 1. The highest BCUT2D eigenvalue weighted by Gasteiger charge is 2.34. The maximum absolute atomic E-state index is 2.69. The minimum atomic E-state index is 0.717. The summed E-state index contributed by atoms with van der Waals surface area (Å²) < 4.78 is 0.